The van der Waals surface area contributed by atoms with E-state index >= 15 is 0 Å². The number of hydrogen-bond acceptors (Lipinski definition) is 9. The van der Waals surface area contributed by atoms with Gasteiger partial charge in [0.25, 0.3) is 11.8 Å². The highest BCUT2D eigenvalue weighted by molar-refractivity contribution is 5.96. The van der Waals surface area contributed by atoms with Crippen molar-refractivity contribution in [3.05, 3.63) is 77.6 Å². The number of ether oxygens (including phenoxy) is 2. The first-order chi connectivity index (χ1) is 24.2. The van der Waals surface area contributed by atoms with E-state index in [-0.39, 0.29) is 43.7 Å². The molecular weight excluding hydrogens is 646 g/mol. The smallest absolute Gasteiger partial charge is 0.404 e. The van der Waals surface area contributed by atoms with Gasteiger partial charge in [-0.05, 0) is 55.7 Å². The Bertz CT molecular complexity index is 1550. The van der Waals surface area contributed by atoms with Crippen molar-refractivity contribution >= 4 is 30.2 Å². The van der Waals surface area contributed by atoms with E-state index in [0.29, 0.717) is 42.9 Å². The van der Waals surface area contributed by atoms with Gasteiger partial charge in [-0.15, -0.1) is 0 Å². The van der Waals surface area contributed by atoms with E-state index < -0.39 is 29.9 Å². The lowest BCUT2D eigenvalue weighted by molar-refractivity contribution is -0.200. The molecule has 0 radical (unpaired) electrons. The van der Waals surface area contributed by atoms with Crippen molar-refractivity contribution in [3.8, 4) is 17.1 Å². The molecule has 0 unspecified atom stereocenters. The normalized spacial score (nSPS) is 11.9. The maximum atomic E-state index is 13.5. The lowest BCUT2D eigenvalue weighted by atomic mass is 9.90. The monoisotopic (exact) mass is 693 g/mol. The minimum Gasteiger partial charge on any atom is -0.494 e. The van der Waals surface area contributed by atoms with Gasteiger partial charge in [0.2, 0.25) is 12.3 Å². The molecule has 3 rings (SSSR count). The van der Waals surface area contributed by atoms with Crippen LogP contribution in [0.25, 0.3) is 11.3 Å². The van der Waals surface area contributed by atoms with E-state index in [4.69, 9.17) is 19.7 Å². The second kappa shape index (κ2) is 20.9. The summed E-state index contributed by atoms with van der Waals surface area (Å²) in [6.07, 6.45) is 3.36. The Hall–Kier alpha value is -5.37. The van der Waals surface area contributed by atoms with Gasteiger partial charge in [0.05, 0.1) is 31.8 Å². The van der Waals surface area contributed by atoms with Crippen molar-refractivity contribution < 1.29 is 42.7 Å². The highest BCUT2D eigenvalue weighted by atomic mass is 16.7. The van der Waals surface area contributed by atoms with E-state index in [0.717, 1.165) is 24.8 Å². The average molecular weight is 694 g/mol. The largest absolute Gasteiger partial charge is 0.494 e. The van der Waals surface area contributed by atoms with Crippen LogP contribution in [0.1, 0.15) is 79.4 Å². The Morgan fingerprint density at radius 2 is 1.72 bits per heavy atom. The fraction of sp³-hybridized carbons (Fsp3) is 0.417. The highest BCUT2D eigenvalue weighted by Crippen LogP contribution is 2.28. The molecule has 3 aromatic rings. The molecule has 0 aliphatic rings. The number of nitrogens with zero attached hydrogens (tertiary/aromatic N) is 1. The minimum absolute atomic E-state index is 0.0157. The van der Waals surface area contributed by atoms with E-state index in [1.165, 1.54) is 11.1 Å². The van der Waals surface area contributed by atoms with Gasteiger partial charge in [-0.2, -0.15) is 0 Å². The number of furan rings is 1. The Labute approximate surface area is 291 Å². The minimum atomic E-state index is -0.942. The Morgan fingerprint density at radius 1 is 0.940 bits per heavy atom. The number of rotatable bonds is 22. The molecule has 270 valence electrons. The molecule has 50 heavy (non-hydrogen) atoms. The summed E-state index contributed by atoms with van der Waals surface area (Å²) in [4.78, 5) is 67.9. The number of nitrogens with one attached hydrogen (secondary N) is 3. The molecule has 5 N–H and O–H groups in total. The van der Waals surface area contributed by atoms with Gasteiger partial charge in [-0.1, -0.05) is 63.4 Å². The number of amides is 5. The zero-order chi connectivity index (χ0) is 36.3. The third-order valence-corrected chi connectivity index (χ3v) is 7.73. The molecule has 2 atom stereocenters. The molecule has 0 fully saturated rings. The molecular formula is C36H47N5O9. The summed E-state index contributed by atoms with van der Waals surface area (Å²) in [5.74, 6) is -1.21. The lowest BCUT2D eigenvalue weighted by Crippen LogP contribution is -2.48. The molecule has 0 aliphatic heterocycles. The molecule has 1 aromatic heterocycles. The lowest BCUT2D eigenvalue weighted by Gasteiger charge is -2.32. The maximum Gasteiger partial charge on any atom is 0.404 e. The van der Waals surface area contributed by atoms with Gasteiger partial charge in [0.1, 0.15) is 24.7 Å². The second-order valence-corrected chi connectivity index (χ2v) is 11.3. The molecule has 1 heterocycles. The van der Waals surface area contributed by atoms with Gasteiger partial charge in [-0.25, -0.2) is 9.86 Å². The fourth-order valence-corrected chi connectivity index (χ4v) is 5.27. The summed E-state index contributed by atoms with van der Waals surface area (Å²) in [6.45, 7) is 6.08. The van der Waals surface area contributed by atoms with E-state index in [1.54, 1.807) is 31.2 Å². The number of carbonyl (C=O) groups is 5. The average Bonchev–Trinajstić information content (AvgIpc) is 3.62. The molecule has 0 saturated carbocycles. The van der Waals surface area contributed by atoms with Crippen LogP contribution in [0.2, 0.25) is 0 Å². The van der Waals surface area contributed by atoms with Crippen LogP contribution in [0.5, 0.6) is 5.75 Å². The zero-order valence-corrected chi connectivity index (χ0v) is 28.8. The number of carbonyl (C=O) groups excluding carboxylic acids is 5. The van der Waals surface area contributed by atoms with Crippen molar-refractivity contribution in [1.29, 1.82) is 0 Å². The van der Waals surface area contributed by atoms with Crippen molar-refractivity contribution in [3.63, 3.8) is 0 Å². The fourth-order valence-electron chi connectivity index (χ4n) is 5.27. The quantitative estimate of drug-likeness (QED) is 0.0506. The Morgan fingerprint density at radius 3 is 2.40 bits per heavy atom. The summed E-state index contributed by atoms with van der Waals surface area (Å²) in [5.41, 5.74) is 6.58. The molecule has 0 saturated heterocycles. The first kappa shape index (κ1) is 39.1. The first-order valence-corrected chi connectivity index (χ1v) is 16.7. The van der Waals surface area contributed by atoms with Crippen LogP contribution in [-0.2, 0) is 25.8 Å². The van der Waals surface area contributed by atoms with Crippen LogP contribution in [0.4, 0.5) is 4.79 Å². The van der Waals surface area contributed by atoms with Crippen molar-refractivity contribution in [1.82, 2.24) is 21.0 Å². The zero-order valence-electron chi connectivity index (χ0n) is 28.8. The van der Waals surface area contributed by atoms with Crippen LogP contribution in [0, 0.1) is 5.92 Å². The van der Waals surface area contributed by atoms with Crippen LogP contribution in [-0.4, -0.2) is 67.8 Å². The first-order valence-electron chi connectivity index (χ1n) is 16.7. The molecule has 0 bridgehead atoms. The summed E-state index contributed by atoms with van der Waals surface area (Å²) >= 11 is 0. The number of hydrogen-bond donors (Lipinski definition) is 4. The standard InChI is InChI=1S/C36H47N5O9/c1-4-7-9-14-29(30(5-2)41(24-42)49-22-25-12-10-8-11-13-25)34(44)39-23-40-35(45)32-16-15-31(50-32)26-19-27(21-28(20-26)47-6-3)33(43)38-17-18-48-36(37)46/h8,10-13,15-16,19-21,24,29-30H,4-7,9,14,17-18,22-23H2,1-3H3,(H2,37,46)(H,38,43)(H,39,44)(H,40,45)/t29-,30-/m1/s1. The summed E-state index contributed by atoms with van der Waals surface area (Å²) in [6, 6.07) is 16.8. The Kier molecular flexibility index (Phi) is 16.3. The second-order valence-electron chi connectivity index (χ2n) is 11.3. The van der Waals surface area contributed by atoms with E-state index in [2.05, 4.69) is 27.6 Å². The summed E-state index contributed by atoms with van der Waals surface area (Å²) < 4.78 is 16.1. The maximum absolute atomic E-state index is 13.5. The van der Waals surface area contributed by atoms with Crippen LogP contribution >= 0.6 is 0 Å². The van der Waals surface area contributed by atoms with Crippen LogP contribution < -0.4 is 26.4 Å². The molecule has 14 heteroatoms. The van der Waals surface area contributed by atoms with E-state index in [9.17, 15) is 24.0 Å². The SMILES string of the molecule is CCCCC[C@@H](C(=O)NCNC(=O)c1ccc(-c2cc(OCC)cc(C(=O)NCCOC(N)=O)c2)o1)[C@@H](CC)N(C=O)OCc1ccccc1. The van der Waals surface area contributed by atoms with E-state index in [1.807, 2.05) is 37.3 Å². The van der Waals surface area contributed by atoms with Gasteiger partial charge in [0.15, 0.2) is 5.76 Å². The number of primary amides is 1. The predicted molar refractivity (Wildman–Crippen MR) is 185 cm³/mol. The summed E-state index contributed by atoms with van der Waals surface area (Å²) in [5, 5.41) is 9.28. The molecule has 2 aromatic carbocycles. The molecule has 14 nitrogen and oxygen atoms in total. The van der Waals surface area contributed by atoms with Gasteiger partial charge in [-0.3, -0.25) is 24.0 Å². The molecule has 0 spiro atoms. The third-order valence-electron chi connectivity index (χ3n) is 7.73. The topological polar surface area (TPSA) is 192 Å². The summed E-state index contributed by atoms with van der Waals surface area (Å²) in [7, 11) is 0. The molecule has 5 amide bonds. The van der Waals surface area contributed by atoms with Crippen molar-refractivity contribution in [2.75, 3.05) is 26.4 Å². The van der Waals surface area contributed by atoms with Crippen molar-refractivity contribution in [2.45, 2.75) is 65.5 Å². The van der Waals surface area contributed by atoms with Crippen LogP contribution in [0.15, 0.2) is 65.1 Å². The number of nitrogens with two attached hydrogens (primary N) is 1. The number of hydroxylamine groups is 2. The number of benzene rings is 2. The highest BCUT2D eigenvalue weighted by Gasteiger charge is 2.32. The predicted octanol–water partition coefficient (Wildman–Crippen LogP) is 4.54. The van der Waals surface area contributed by atoms with Gasteiger partial charge < -0.3 is 35.6 Å². The Balaban J connectivity index is 1.65. The van der Waals surface area contributed by atoms with Crippen molar-refractivity contribution in [2.24, 2.45) is 11.7 Å². The van der Waals surface area contributed by atoms with Gasteiger partial charge in [0, 0.05) is 11.1 Å². The van der Waals surface area contributed by atoms with Crippen LogP contribution in [0.3, 0.4) is 0 Å². The third kappa shape index (κ3) is 12.3. The number of unbranched alkanes of at least 4 members (excludes halogenated alkanes) is 2. The molecule has 0 aliphatic carbocycles. The van der Waals surface area contributed by atoms with Gasteiger partial charge >= 0.3 is 6.09 Å².